The first-order valence-electron chi connectivity index (χ1n) is 5.52. The maximum Gasteiger partial charge on any atom is 0.244 e. The van der Waals surface area contributed by atoms with E-state index in [9.17, 15) is 8.42 Å². The molecule has 0 amide bonds. The van der Waals surface area contributed by atoms with Gasteiger partial charge < -0.3 is 5.73 Å². The van der Waals surface area contributed by atoms with Gasteiger partial charge in [0.1, 0.15) is 4.90 Å². The predicted molar refractivity (Wildman–Crippen MR) is 70.6 cm³/mol. The Morgan fingerprint density at radius 1 is 1.35 bits per heavy atom. The molecule has 4 nitrogen and oxygen atoms in total. The third kappa shape index (κ3) is 3.87. The highest BCUT2D eigenvalue weighted by Gasteiger charge is 2.20. The van der Waals surface area contributed by atoms with E-state index in [2.05, 4.69) is 11.6 Å². The molecule has 0 heterocycles. The summed E-state index contributed by atoms with van der Waals surface area (Å²) in [5, 5.41) is 0.146. The predicted octanol–water partition coefficient (Wildman–Crippen LogP) is 2.39. The Bertz CT molecular complexity index is 454. The molecule has 6 heteroatoms. The molecule has 3 N–H and O–H groups in total. The van der Waals surface area contributed by atoms with E-state index in [1.807, 2.05) is 0 Å². The molecule has 96 valence electrons. The number of unbranched alkanes of at least 4 members (excludes halogenated alkanes) is 2. The maximum atomic E-state index is 12.0. The Balaban J connectivity index is 2.83. The fraction of sp³-hybridized carbons (Fsp3) is 0.455. The van der Waals surface area contributed by atoms with Crippen molar-refractivity contribution in [3.05, 3.63) is 23.2 Å². The van der Waals surface area contributed by atoms with Crippen LogP contribution in [0.1, 0.15) is 26.2 Å². The smallest absolute Gasteiger partial charge is 0.244 e. The van der Waals surface area contributed by atoms with E-state index in [4.69, 9.17) is 17.3 Å². The second-order valence-corrected chi connectivity index (χ2v) is 5.87. The molecule has 1 rings (SSSR count). The second-order valence-electron chi connectivity index (χ2n) is 3.76. The van der Waals surface area contributed by atoms with Crippen LogP contribution in [0.2, 0.25) is 5.02 Å². The minimum atomic E-state index is -3.61. The van der Waals surface area contributed by atoms with Gasteiger partial charge in [0.15, 0.2) is 0 Å². The zero-order valence-electron chi connectivity index (χ0n) is 9.74. The van der Waals surface area contributed by atoms with Gasteiger partial charge in [-0.15, -0.1) is 0 Å². The highest BCUT2D eigenvalue weighted by atomic mass is 35.5. The third-order valence-corrected chi connectivity index (χ3v) is 4.34. The molecule has 0 unspecified atom stereocenters. The number of nitrogens with one attached hydrogen (secondary N) is 1. The molecule has 0 radical (unpaired) electrons. The van der Waals surface area contributed by atoms with Crippen molar-refractivity contribution in [2.24, 2.45) is 0 Å². The van der Waals surface area contributed by atoms with Crippen LogP contribution in [0.15, 0.2) is 23.1 Å². The highest BCUT2D eigenvalue weighted by Crippen LogP contribution is 2.26. The SMILES string of the molecule is CCCCCNS(=O)(=O)c1c(N)cccc1Cl. The Morgan fingerprint density at radius 2 is 2.06 bits per heavy atom. The Hall–Kier alpha value is -0.780. The van der Waals surface area contributed by atoms with Crippen LogP contribution in [0, 0.1) is 0 Å². The molecule has 0 bridgehead atoms. The Morgan fingerprint density at radius 3 is 2.65 bits per heavy atom. The number of rotatable bonds is 6. The molecule has 0 aliphatic rings. The molecule has 17 heavy (non-hydrogen) atoms. The lowest BCUT2D eigenvalue weighted by Gasteiger charge is -2.10. The summed E-state index contributed by atoms with van der Waals surface area (Å²) in [4.78, 5) is -0.0295. The van der Waals surface area contributed by atoms with E-state index >= 15 is 0 Å². The average molecular weight is 277 g/mol. The van der Waals surface area contributed by atoms with Crippen LogP contribution < -0.4 is 10.5 Å². The summed E-state index contributed by atoms with van der Waals surface area (Å²) in [7, 11) is -3.61. The first kappa shape index (κ1) is 14.3. The summed E-state index contributed by atoms with van der Waals surface area (Å²) < 4.78 is 26.4. The summed E-state index contributed by atoms with van der Waals surface area (Å²) in [6, 6.07) is 4.65. The first-order chi connectivity index (χ1) is 7.99. The Labute approximate surface area is 107 Å². The number of nitrogens with two attached hydrogens (primary N) is 1. The monoisotopic (exact) mass is 276 g/mol. The fourth-order valence-corrected chi connectivity index (χ4v) is 3.21. The summed E-state index contributed by atoms with van der Waals surface area (Å²) in [6.07, 6.45) is 2.83. The van der Waals surface area contributed by atoms with Crippen LogP contribution in [0.3, 0.4) is 0 Å². The van der Waals surface area contributed by atoms with Crippen molar-refractivity contribution in [3.63, 3.8) is 0 Å². The molecular formula is C11H17ClN2O2S. The summed E-state index contributed by atoms with van der Waals surface area (Å²) in [5.41, 5.74) is 5.80. The zero-order chi connectivity index (χ0) is 12.9. The lowest BCUT2D eigenvalue weighted by Crippen LogP contribution is -2.25. The molecule has 1 aromatic rings. The number of sulfonamides is 1. The number of halogens is 1. The van der Waals surface area contributed by atoms with Crippen molar-refractivity contribution in [3.8, 4) is 0 Å². The fourth-order valence-electron chi connectivity index (χ4n) is 1.46. The molecule has 0 spiro atoms. The van der Waals surface area contributed by atoms with Crippen LogP contribution in [-0.2, 0) is 10.0 Å². The minimum absolute atomic E-state index is 0.0295. The maximum absolute atomic E-state index is 12.0. The van der Waals surface area contributed by atoms with E-state index in [1.165, 1.54) is 12.1 Å². The number of hydrogen-bond donors (Lipinski definition) is 2. The molecule has 0 saturated carbocycles. The zero-order valence-corrected chi connectivity index (χ0v) is 11.3. The largest absolute Gasteiger partial charge is 0.398 e. The quantitative estimate of drug-likeness (QED) is 0.619. The van der Waals surface area contributed by atoms with Crippen molar-refractivity contribution < 1.29 is 8.42 Å². The van der Waals surface area contributed by atoms with Gasteiger partial charge in [-0.05, 0) is 18.6 Å². The summed E-state index contributed by atoms with van der Waals surface area (Å²) in [5.74, 6) is 0. The van der Waals surface area contributed by atoms with Crippen molar-refractivity contribution in [2.75, 3.05) is 12.3 Å². The molecule has 0 aliphatic heterocycles. The van der Waals surface area contributed by atoms with Gasteiger partial charge in [0.2, 0.25) is 10.0 Å². The lowest BCUT2D eigenvalue weighted by atomic mass is 10.3. The van der Waals surface area contributed by atoms with Crippen molar-refractivity contribution in [2.45, 2.75) is 31.1 Å². The van der Waals surface area contributed by atoms with Gasteiger partial charge in [-0.25, -0.2) is 13.1 Å². The van der Waals surface area contributed by atoms with Gasteiger partial charge >= 0.3 is 0 Å². The van der Waals surface area contributed by atoms with Crippen LogP contribution in [0.5, 0.6) is 0 Å². The van der Waals surface area contributed by atoms with E-state index in [-0.39, 0.29) is 15.6 Å². The average Bonchev–Trinajstić information content (AvgIpc) is 2.24. The standard InChI is InChI=1S/C11H17ClN2O2S/c1-2-3-4-8-14-17(15,16)11-9(12)6-5-7-10(11)13/h5-7,14H,2-4,8,13H2,1H3. The van der Waals surface area contributed by atoms with E-state index in [0.29, 0.717) is 6.54 Å². The van der Waals surface area contributed by atoms with Gasteiger partial charge in [-0.1, -0.05) is 37.4 Å². The molecular weight excluding hydrogens is 260 g/mol. The van der Waals surface area contributed by atoms with Crippen LogP contribution in [-0.4, -0.2) is 15.0 Å². The van der Waals surface area contributed by atoms with Gasteiger partial charge in [0.05, 0.1) is 10.7 Å². The van der Waals surface area contributed by atoms with Gasteiger partial charge in [-0.3, -0.25) is 0 Å². The van der Waals surface area contributed by atoms with Gasteiger partial charge in [0.25, 0.3) is 0 Å². The van der Waals surface area contributed by atoms with E-state index in [0.717, 1.165) is 19.3 Å². The highest BCUT2D eigenvalue weighted by molar-refractivity contribution is 7.89. The Kier molecular flexibility index (Phi) is 5.24. The van der Waals surface area contributed by atoms with Crippen molar-refractivity contribution in [1.82, 2.24) is 4.72 Å². The van der Waals surface area contributed by atoms with Crippen molar-refractivity contribution in [1.29, 1.82) is 0 Å². The van der Waals surface area contributed by atoms with Gasteiger partial charge in [0, 0.05) is 6.54 Å². The lowest BCUT2D eigenvalue weighted by molar-refractivity contribution is 0.576. The third-order valence-electron chi connectivity index (χ3n) is 2.34. The van der Waals surface area contributed by atoms with Crippen molar-refractivity contribution >= 4 is 27.3 Å². The first-order valence-corrected chi connectivity index (χ1v) is 7.39. The molecule has 0 aliphatic carbocycles. The number of benzene rings is 1. The second kappa shape index (κ2) is 6.23. The normalized spacial score (nSPS) is 11.6. The van der Waals surface area contributed by atoms with Crippen LogP contribution >= 0.6 is 11.6 Å². The minimum Gasteiger partial charge on any atom is -0.398 e. The van der Waals surface area contributed by atoms with Crippen LogP contribution in [0.4, 0.5) is 5.69 Å². The molecule has 0 saturated heterocycles. The number of anilines is 1. The molecule has 0 aromatic heterocycles. The summed E-state index contributed by atoms with van der Waals surface area (Å²) >= 11 is 5.85. The number of hydrogen-bond acceptors (Lipinski definition) is 3. The molecule has 0 fully saturated rings. The number of nitrogen functional groups attached to an aromatic ring is 1. The topological polar surface area (TPSA) is 72.2 Å². The van der Waals surface area contributed by atoms with Gasteiger partial charge in [-0.2, -0.15) is 0 Å². The van der Waals surface area contributed by atoms with Crippen LogP contribution in [0.25, 0.3) is 0 Å². The molecule has 1 aromatic carbocycles. The molecule has 0 atom stereocenters. The summed E-state index contributed by atoms with van der Waals surface area (Å²) in [6.45, 7) is 2.46. The van der Waals surface area contributed by atoms with E-state index < -0.39 is 10.0 Å². The van der Waals surface area contributed by atoms with E-state index in [1.54, 1.807) is 6.07 Å².